The molecule has 2 unspecified atom stereocenters. The van der Waals surface area contributed by atoms with E-state index in [4.69, 9.17) is 14.2 Å². The molecule has 1 aliphatic heterocycles. The van der Waals surface area contributed by atoms with E-state index in [0.717, 1.165) is 19.4 Å². The van der Waals surface area contributed by atoms with Crippen molar-refractivity contribution in [3.63, 3.8) is 0 Å². The molecule has 1 aromatic rings. The Hall–Kier alpha value is -2.85. The molecule has 0 spiro atoms. The van der Waals surface area contributed by atoms with Crippen molar-refractivity contribution < 1.29 is 23.8 Å². The molecular weight excluding hydrogens is 372 g/mol. The number of hydrogen-bond donors (Lipinski definition) is 1. The standard InChI is InChI=1S/C22H28N2O5/c1-5-27-19(25)11-10-16-9-8-15(14-23)13-18(16)28-20(17-7-6-12-24-17)21(26)29-22(2,3)4/h8-11,13,17,20,24H,5-7,12H2,1-4H3. The topological polar surface area (TPSA) is 97.7 Å². The number of esters is 2. The van der Waals surface area contributed by atoms with Crippen molar-refractivity contribution in [1.82, 2.24) is 5.32 Å². The zero-order chi connectivity index (χ0) is 21.4. The Kier molecular flexibility index (Phi) is 7.80. The first-order valence-corrected chi connectivity index (χ1v) is 9.75. The van der Waals surface area contributed by atoms with Gasteiger partial charge in [0.25, 0.3) is 0 Å². The predicted octanol–water partition coefficient (Wildman–Crippen LogP) is 2.98. The lowest BCUT2D eigenvalue weighted by Crippen LogP contribution is -2.47. The van der Waals surface area contributed by atoms with Crippen molar-refractivity contribution in [2.24, 2.45) is 0 Å². The fourth-order valence-corrected chi connectivity index (χ4v) is 2.95. The smallest absolute Gasteiger partial charge is 0.349 e. The number of benzene rings is 1. The monoisotopic (exact) mass is 400 g/mol. The Morgan fingerprint density at radius 1 is 1.38 bits per heavy atom. The van der Waals surface area contributed by atoms with Crippen molar-refractivity contribution >= 4 is 18.0 Å². The van der Waals surface area contributed by atoms with Gasteiger partial charge in [0.2, 0.25) is 6.10 Å². The van der Waals surface area contributed by atoms with E-state index < -0.39 is 23.6 Å². The molecule has 7 heteroatoms. The van der Waals surface area contributed by atoms with Crippen LogP contribution in [-0.2, 0) is 19.1 Å². The van der Waals surface area contributed by atoms with Crippen LogP contribution >= 0.6 is 0 Å². The van der Waals surface area contributed by atoms with Gasteiger partial charge in [-0.3, -0.25) is 0 Å². The highest BCUT2D eigenvalue weighted by atomic mass is 16.6. The van der Waals surface area contributed by atoms with E-state index in [9.17, 15) is 14.9 Å². The van der Waals surface area contributed by atoms with Gasteiger partial charge in [0.15, 0.2) is 0 Å². The molecule has 7 nitrogen and oxygen atoms in total. The fourth-order valence-electron chi connectivity index (χ4n) is 2.95. The van der Waals surface area contributed by atoms with Gasteiger partial charge in [-0.15, -0.1) is 0 Å². The summed E-state index contributed by atoms with van der Waals surface area (Å²) in [5.74, 6) is -0.627. The van der Waals surface area contributed by atoms with Crippen molar-refractivity contribution in [1.29, 1.82) is 5.26 Å². The number of nitrogens with one attached hydrogen (secondary N) is 1. The molecule has 1 heterocycles. The maximum atomic E-state index is 12.8. The van der Waals surface area contributed by atoms with Crippen LogP contribution in [0.1, 0.15) is 51.7 Å². The zero-order valence-corrected chi connectivity index (χ0v) is 17.4. The van der Waals surface area contributed by atoms with Gasteiger partial charge in [-0.25, -0.2) is 9.59 Å². The van der Waals surface area contributed by atoms with E-state index in [1.165, 1.54) is 6.08 Å². The van der Waals surface area contributed by atoms with Gasteiger partial charge >= 0.3 is 11.9 Å². The van der Waals surface area contributed by atoms with Crippen LogP contribution in [-0.4, -0.2) is 42.8 Å². The highest BCUT2D eigenvalue weighted by Gasteiger charge is 2.36. The lowest BCUT2D eigenvalue weighted by atomic mass is 10.1. The molecule has 1 N–H and O–H groups in total. The summed E-state index contributed by atoms with van der Waals surface area (Å²) in [5.41, 5.74) is 0.289. The van der Waals surface area contributed by atoms with E-state index in [2.05, 4.69) is 11.4 Å². The summed E-state index contributed by atoms with van der Waals surface area (Å²) in [6.07, 6.45) is 3.66. The van der Waals surface area contributed by atoms with Gasteiger partial charge in [-0.2, -0.15) is 5.26 Å². The predicted molar refractivity (Wildman–Crippen MR) is 108 cm³/mol. The Morgan fingerprint density at radius 2 is 2.14 bits per heavy atom. The van der Waals surface area contributed by atoms with Crippen molar-refractivity contribution in [2.45, 2.75) is 58.3 Å². The van der Waals surface area contributed by atoms with Gasteiger partial charge in [-0.05, 0) is 71.4 Å². The maximum Gasteiger partial charge on any atom is 0.349 e. The Labute approximate surface area is 171 Å². The molecule has 0 amide bonds. The summed E-state index contributed by atoms with van der Waals surface area (Å²) < 4.78 is 16.5. The summed E-state index contributed by atoms with van der Waals surface area (Å²) in [6.45, 7) is 8.19. The molecule has 2 rings (SSSR count). The van der Waals surface area contributed by atoms with Crippen LogP contribution in [0, 0.1) is 11.3 Å². The summed E-state index contributed by atoms with van der Waals surface area (Å²) in [5, 5.41) is 12.5. The molecule has 29 heavy (non-hydrogen) atoms. The molecule has 2 atom stereocenters. The molecule has 0 saturated carbocycles. The minimum Gasteiger partial charge on any atom is -0.476 e. The van der Waals surface area contributed by atoms with E-state index in [0.29, 0.717) is 16.9 Å². The average molecular weight is 400 g/mol. The van der Waals surface area contributed by atoms with Crippen LogP contribution in [0.5, 0.6) is 5.75 Å². The molecule has 156 valence electrons. The van der Waals surface area contributed by atoms with Gasteiger partial charge in [0.05, 0.1) is 24.3 Å². The molecule has 1 aromatic carbocycles. The number of ether oxygens (including phenoxy) is 3. The second kappa shape index (κ2) is 10.1. The number of carbonyl (C=O) groups excluding carboxylic acids is 2. The maximum absolute atomic E-state index is 12.8. The Bertz CT molecular complexity index is 798. The molecule has 0 aromatic heterocycles. The summed E-state index contributed by atoms with van der Waals surface area (Å²) in [7, 11) is 0. The van der Waals surface area contributed by atoms with Crippen LogP contribution in [0.25, 0.3) is 6.08 Å². The summed E-state index contributed by atoms with van der Waals surface area (Å²) in [6, 6.07) is 6.70. The largest absolute Gasteiger partial charge is 0.476 e. The molecule has 0 bridgehead atoms. The molecule has 1 saturated heterocycles. The summed E-state index contributed by atoms with van der Waals surface area (Å²) in [4.78, 5) is 24.5. The van der Waals surface area contributed by atoms with E-state index in [1.807, 2.05) is 0 Å². The number of nitrogens with zero attached hydrogens (tertiary/aromatic N) is 1. The van der Waals surface area contributed by atoms with Gasteiger partial charge in [0.1, 0.15) is 11.4 Å². The third kappa shape index (κ3) is 6.91. The second-order valence-corrected chi connectivity index (χ2v) is 7.72. The fraction of sp³-hybridized carbons (Fsp3) is 0.500. The quantitative estimate of drug-likeness (QED) is 0.555. The van der Waals surface area contributed by atoms with E-state index in [1.54, 1.807) is 52.0 Å². The summed E-state index contributed by atoms with van der Waals surface area (Å²) >= 11 is 0. The van der Waals surface area contributed by atoms with Gasteiger partial charge in [0, 0.05) is 11.6 Å². The van der Waals surface area contributed by atoms with E-state index in [-0.39, 0.29) is 12.6 Å². The van der Waals surface area contributed by atoms with Gasteiger partial charge in [-0.1, -0.05) is 0 Å². The lowest BCUT2D eigenvalue weighted by molar-refractivity contribution is -0.164. The first-order valence-electron chi connectivity index (χ1n) is 9.75. The highest BCUT2D eigenvalue weighted by molar-refractivity contribution is 5.87. The van der Waals surface area contributed by atoms with Crippen LogP contribution < -0.4 is 10.1 Å². The Balaban J connectivity index is 2.33. The normalized spacial score (nSPS) is 17.6. The third-order valence-corrected chi connectivity index (χ3v) is 4.19. The van der Waals surface area contributed by atoms with Gasteiger partial charge < -0.3 is 19.5 Å². The minimum absolute atomic E-state index is 0.197. The highest BCUT2D eigenvalue weighted by Crippen LogP contribution is 2.26. The Morgan fingerprint density at radius 3 is 2.72 bits per heavy atom. The first kappa shape index (κ1) is 22.4. The van der Waals surface area contributed by atoms with Crippen molar-refractivity contribution in [3.05, 3.63) is 35.4 Å². The number of carbonyl (C=O) groups is 2. The molecule has 1 aliphatic rings. The minimum atomic E-state index is -0.875. The van der Waals surface area contributed by atoms with Crippen LogP contribution in [0.4, 0.5) is 0 Å². The second-order valence-electron chi connectivity index (χ2n) is 7.72. The van der Waals surface area contributed by atoms with Crippen molar-refractivity contribution in [3.8, 4) is 11.8 Å². The molecule has 1 fully saturated rings. The third-order valence-electron chi connectivity index (χ3n) is 4.19. The van der Waals surface area contributed by atoms with E-state index >= 15 is 0 Å². The number of rotatable bonds is 7. The van der Waals surface area contributed by atoms with Crippen LogP contribution in [0.2, 0.25) is 0 Å². The molecule has 0 radical (unpaired) electrons. The molecule has 0 aliphatic carbocycles. The van der Waals surface area contributed by atoms with Crippen LogP contribution in [0.3, 0.4) is 0 Å². The number of hydrogen-bond acceptors (Lipinski definition) is 7. The van der Waals surface area contributed by atoms with Crippen molar-refractivity contribution in [2.75, 3.05) is 13.2 Å². The zero-order valence-electron chi connectivity index (χ0n) is 17.4. The first-order chi connectivity index (χ1) is 13.7. The molecular formula is C22H28N2O5. The average Bonchev–Trinajstić information content (AvgIpc) is 3.17. The number of nitriles is 1. The lowest BCUT2D eigenvalue weighted by Gasteiger charge is -2.28. The SMILES string of the molecule is CCOC(=O)C=Cc1ccc(C#N)cc1OC(C(=O)OC(C)(C)C)C1CCCN1. The van der Waals surface area contributed by atoms with Crippen LogP contribution in [0.15, 0.2) is 24.3 Å².